The van der Waals surface area contributed by atoms with Crippen LogP contribution in [0.15, 0.2) is 48.5 Å². The van der Waals surface area contributed by atoms with E-state index in [1.54, 1.807) is 0 Å². The molecule has 1 aliphatic heterocycles. The van der Waals surface area contributed by atoms with E-state index in [9.17, 15) is 4.79 Å². The molecule has 0 radical (unpaired) electrons. The summed E-state index contributed by atoms with van der Waals surface area (Å²) < 4.78 is 0. The molecule has 1 aromatic heterocycles. The molecule has 3 atom stereocenters. The van der Waals surface area contributed by atoms with Gasteiger partial charge in [-0.2, -0.15) is 0 Å². The molecule has 3 unspecified atom stereocenters. The van der Waals surface area contributed by atoms with Crippen LogP contribution in [0.4, 0.5) is 5.95 Å². The number of aromatic nitrogens is 2. The molecule has 2 heterocycles. The zero-order valence-corrected chi connectivity index (χ0v) is 17.8. The van der Waals surface area contributed by atoms with E-state index in [1.165, 1.54) is 11.1 Å². The van der Waals surface area contributed by atoms with E-state index in [1.807, 2.05) is 31.2 Å². The molecule has 0 saturated carbocycles. The van der Waals surface area contributed by atoms with Crippen LogP contribution in [0.2, 0.25) is 0 Å². The molecular formula is C24H29N5O. The van der Waals surface area contributed by atoms with Crippen LogP contribution in [-0.4, -0.2) is 28.2 Å². The second-order valence-electron chi connectivity index (χ2n) is 8.01. The number of aryl methyl sites for hydroxylation is 3. The Morgan fingerprint density at radius 1 is 1.07 bits per heavy atom. The van der Waals surface area contributed by atoms with Gasteiger partial charge in [-0.15, -0.1) is 0 Å². The number of hydrogen-bond donors (Lipinski definition) is 3. The van der Waals surface area contributed by atoms with Crippen molar-refractivity contribution < 1.29 is 4.79 Å². The van der Waals surface area contributed by atoms with Gasteiger partial charge in [-0.25, -0.2) is 9.97 Å². The monoisotopic (exact) mass is 403 g/mol. The van der Waals surface area contributed by atoms with Gasteiger partial charge in [-0.3, -0.25) is 10.1 Å². The minimum Gasteiger partial charge on any atom is -0.323 e. The first-order chi connectivity index (χ1) is 14.5. The van der Waals surface area contributed by atoms with Gasteiger partial charge in [0.05, 0.1) is 17.1 Å². The summed E-state index contributed by atoms with van der Waals surface area (Å²) in [6, 6.07) is 16.6. The van der Waals surface area contributed by atoms with Crippen molar-refractivity contribution in [3.8, 4) is 0 Å². The maximum atomic E-state index is 12.7. The third kappa shape index (κ3) is 4.44. The molecule has 2 aromatic carbocycles. The Kier molecular flexibility index (Phi) is 5.95. The predicted octanol–water partition coefficient (Wildman–Crippen LogP) is 3.55. The van der Waals surface area contributed by atoms with Gasteiger partial charge >= 0.3 is 0 Å². The number of carbonyl (C=O) groups is 1. The Bertz CT molecular complexity index is 1040. The topological polar surface area (TPSA) is 78.9 Å². The molecule has 0 spiro atoms. The van der Waals surface area contributed by atoms with Crippen LogP contribution in [0.3, 0.4) is 0 Å². The summed E-state index contributed by atoms with van der Waals surface area (Å²) in [5, 5.41) is 10.8. The van der Waals surface area contributed by atoms with E-state index in [0.29, 0.717) is 5.95 Å². The SMILES string of the molecule is CCc1ccc2nc(NC3NC(=O)C(CCc4ccccc4)C(C)N3)nc(C)c2c1. The zero-order chi connectivity index (χ0) is 21.1. The molecule has 1 saturated heterocycles. The Balaban J connectivity index is 1.42. The summed E-state index contributed by atoms with van der Waals surface area (Å²) >= 11 is 0. The molecule has 6 nitrogen and oxygen atoms in total. The Morgan fingerprint density at radius 2 is 1.87 bits per heavy atom. The molecule has 1 amide bonds. The van der Waals surface area contributed by atoms with E-state index < -0.39 is 6.29 Å². The second kappa shape index (κ2) is 8.79. The van der Waals surface area contributed by atoms with Gasteiger partial charge in [0.15, 0.2) is 6.29 Å². The third-order valence-corrected chi connectivity index (χ3v) is 5.88. The molecule has 0 aliphatic carbocycles. The van der Waals surface area contributed by atoms with E-state index in [4.69, 9.17) is 0 Å². The smallest absolute Gasteiger partial charge is 0.227 e. The molecule has 3 aromatic rings. The largest absolute Gasteiger partial charge is 0.323 e. The molecule has 30 heavy (non-hydrogen) atoms. The number of nitrogens with zero attached hydrogens (tertiary/aromatic N) is 2. The van der Waals surface area contributed by atoms with E-state index in [-0.39, 0.29) is 17.9 Å². The number of carbonyl (C=O) groups excluding carboxylic acids is 1. The van der Waals surface area contributed by atoms with Crippen molar-refractivity contribution in [3.05, 3.63) is 65.4 Å². The number of anilines is 1. The van der Waals surface area contributed by atoms with Crippen molar-refractivity contribution in [2.24, 2.45) is 5.92 Å². The zero-order valence-electron chi connectivity index (χ0n) is 17.8. The van der Waals surface area contributed by atoms with Gasteiger partial charge in [0, 0.05) is 11.4 Å². The highest BCUT2D eigenvalue weighted by Gasteiger charge is 2.33. The summed E-state index contributed by atoms with van der Waals surface area (Å²) in [5.74, 6) is 0.492. The van der Waals surface area contributed by atoms with Crippen molar-refractivity contribution >= 4 is 22.8 Å². The maximum Gasteiger partial charge on any atom is 0.227 e. The number of amides is 1. The van der Waals surface area contributed by atoms with Crippen LogP contribution in [-0.2, 0) is 17.6 Å². The number of rotatable bonds is 6. The average Bonchev–Trinajstić information content (AvgIpc) is 2.74. The molecule has 1 fully saturated rings. The fourth-order valence-electron chi connectivity index (χ4n) is 4.06. The van der Waals surface area contributed by atoms with Gasteiger partial charge in [0.2, 0.25) is 11.9 Å². The summed E-state index contributed by atoms with van der Waals surface area (Å²) in [6.45, 7) is 6.19. The Morgan fingerprint density at radius 3 is 2.60 bits per heavy atom. The first-order valence-electron chi connectivity index (χ1n) is 10.7. The first kappa shape index (κ1) is 20.3. The molecule has 0 bridgehead atoms. The van der Waals surface area contributed by atoms with Gasteiger partial charge in [-0.1, -0.05) is 43.3 Å². The lowest BCUT2D eigenvalue weighted by Gasteiger charge is -2.36. The van der Waals surface area contributed by atoms with Crippen LogP contribution in [0, 0.1) is 12.8 Å². The number of fused-ring (bicyclic) bond motifs is 1. The first-order valence-corrected chi connectivity index (χ1v) is 10.7. The highest BCUT2D eigenvalue weighted by atomic mass is 16.2. The van der Waals surface area contributed by atoms with Gasteiger partial charge < -0.3 is 10.6 Å². The van der Waals surface area contributed by atoms with E-state index >= 15 is 0 Å². The molecule has 4 rings (SSSR count). The Labute approximate surface area is 177 Å². The molecule has 156 valence electrons. The van der Waals surface area contributed by atoms with Crippen LogP contribution >= 0.6 is 0 Å². The van der Waals surface area contributed by atoms with Crippen molar-refractivity contribution in [2.45, 2.75) is 52.4 Å². The van der Waals surface area contributed by atoms with E-state index in [2.05, 4.69) is 64.0 Å². The highest BCUT2D eigenvalue weighted by molar-refractivity contribution is 5.83. The summed E-state index contributed by atoms with van der Waals surface area (Å²) in [4.78, 5) is 22.0. The lowest BCUT2D eigenvalue weighted by Crippen LogP contribution is -2.63. The summed E-state index contributed by atoms with van der Waals surface area (Å²) in [6.07, 6.45) is 2.28. The Hall–Kier alpha value is -2.99. The highest BCUT2D eigenvalue weighted by Crippen LogP contribution is 2.21. The van der Waals surface area contributed by atoms with Gasteiger partial charge in [0.1, 0.15) is 0 Å². The predicted molar refractivity (Wildman–Crippen MR) is 120 cm³/mol. The van der Waals surface area contributed by atoms with Crippen molar-refractivity contribution in [2.75, 3.05) is 5.32 Å². The maximum absolute atomic E-state index is 12.7. The summed E-state index contributed by atoms with van der Waals surface area (Å²) in [5.41, 5.74) is 4.35. The van der Waals surface area contributed by atoms with Crippen LogP contribution in [0.5, 0.6) is 0 Å². The lowest BCUT2D eigenvalue weighted by atomic mass is 9.91. The van der Waals surface area contributed by atoms with E-state index in [0.717, 1.165) is 35.9 Å². The number of benzene rings is 2. The molecule has 3 N–H and O–H groups in total. The minimum atomic E-state index is -0.396. The normalized spacial score (nSPS) is 21.4. The molecular weight excluding hydrogens is 374 g/mol. The standard InChI is InChI=1S/C24H29N5O/c1-4-17-11-13-21-20(14-17)16(3)26-23(27-21)29-24-25-15(2)19(22(30)28-24)12-10-18-8-6-5-7-9-18/h5-9,11,13-15,19,24-25H,4,10,12H2,1-3H3,(H,28,30)(H,26,27,29). The van der Waals surface area contributed by atoms with Crippen molar-refractivity contribution in [1.29, 1.82) is 0 Å². The van der Waals surface area contributed by atoms with Crippen molar-refractivity contribution in [3.63, 3.8) is 0 Å². The fourth-order valence-corrected chi connectivity index (χ4v) is 4.06. The quantitative estimate of drug-likeness (QED) is 0.587. The van der Waals surface area contributed by atoms with Crippen LogP contribution in [0.25, 0.3) is 10.9 Å². The third-order valence-electron chi connectivity index (χ3n) is 5.88. The minimum absolute atomic E-state index is 0.0497. The molecule has 1 aliphatic rings. The van der Waals surface area contributed by atoms with Gasteiger partial charge in [0.25, 0.3) is 0 Å². The fraction of sp³-hybridized carbons (Fsp3) is 0.375. The number of hydrogen-bond acceptors (Lipinski definition) is 5. The number of nitrogens with one attached hydrogen (secondary N) is 3. The lowest BCUT2D eigenvalue weighted by molar-refractivity contribution is -0.129. The van der Waals surface area contributed by atoms with Crippen molar-refractivity contribution in [1.82, 2.24) is 20.6 Å². The molecule has 6 heteroatoms. The van der Waals surface area contributed by atoms with Crippen LogP contribution in [0.1, 0.15) is 37.1 Å². The van der Waals surface area contributed by atoms with Crippen LogP contribution < -0.4 is 16.0 Å². The van der Waals surface area contributed by atoms with Gasteiger partial charge in [-0.05, 0) is 56.4 Å². The average molecular weight is 404 g/mol. The second-order valence-corrected chi connectivity index (χ2v) is 8.01. The summed E-state index contributed by atoms with van der Waals surface area (Å²) in [7, 11) is 0.